The highest BCUT2D eigenvalue weighted by molar-refractivity contribution is 7.85. The highest BCUT2D eigenvalue weighted by Crippen LogP contribution is 1.87. The maximum absolute atomic E-state index is 11.3. The first kappa shape index (κ1) is 24.7. The molecule has 26 heavy (non-hydrogen) atoms. The van der Waals surface area contributed by atoms with E-state index in [2.05, 4.69) is 5.32 Å². The maximum atomic E-state index is 11.3. The van der Waals surface area contributed by atoms with Crippen molar-refractivity contribution in [3.05, 3.63) is 0 Å². The van der Waals surface area contributed by atoms with Crippen LogP contribution < -0.4 is 5.32 Å². The van der Waals surface area contributed by atoms with Crippen LogP contribution in [0.2, 0.25) is 0 Å². The fourth-order valence-corrected chi connectivity index (χ4v) is 1.84. The Morgan fingerprint density at radius 3 is 1.65 bits per heavy atom. The number of carbonyl (C=O) groups is 2. The molecule has 0 aliphatic rings. The number of carboxylic acids is 1. The van der Waals surface area contributed by atoms with Crippen molar-refractivity contribution in [3.63, 3.8) is 0 Å². The SMILES string of the molecule is O=C(O)CCOCCOCCOCCOCCC(=O)NCCS(=O)(=O)[O-]. The van der Waals surface area contributed by atoms with Crippen molar-refractivity contribution in [3.8, 4) is 0 Å². The van der Waals surface area contributed by atoms with Crippen molar-refractivity contribution < 1.29 is 46.6 Å². The Hall–Kier alpha value is -1.31. The third kappa shape index (κ3) is 20.7. The molecule has 0 rings (SSSR count). The zero-order valence-corrected chi connectivity index (χ0v) is 15.3. The summed E-state index contributed by atoms with van der Waals surface area (Å²) in [5.41, 5.74) is 0. The van der Waals surface area contributed by atoms with Crippen molar-refractivity contribution in [2.45, 2.75) is 12.8 Å². The fourth-order valence-electron chi connectivity index (χ4n) is 1.49. The summed E-state index contributed by atoms with van der Waals surface area (Å²) in [6.45, 7) is 2.12. The largest absolute Gasteiger partial charge is 0.748 e. The van der Waals surface area contributed by atoms with Gasteiger partial charge in [0, 0.05) is 13.0 Å². The van der Waals surface area contributed by atoms with Gasteiger partial charge in [0.15, 0.2) is 0 Å². The molecule has 0 radical (unpaired) electrons. The molecule has 154 valence electrons. The van der Waals surface area contributed by atoms with Crippen molar-refractivity contribution in [1.29, 1.82) is 0 Å². The van der Waals surface area contributed by atoms with Gasteiger partial charge in [-0.15, -0.1) is 0 Å². The average Bonchev–Trinajstić information content (AvgIpc) is 2.53. The third-order valence-electron chi connectivity index (χ3n) is 2.72. The predicted octanol–water partition coefficient (Wildman–Crippen LogP) is -1.42. The molecule has 0 spiro atoms. The van der Waals surface area contributed by atoms with Crippen LogP contribution in [0.15, 0.2) is 0 Å². The number of amides is 1. The molecular weight excluding hydrogens is 374 g/mol. The van der Waals surface area contributed by atoms with Gasteiger partial charge < -0.3 is 33.9 Å². The van der Waals surface area contributed by atoms with Gasteiger partial charge in [-0.3, -0.25) is 9.59 Å². The monoisotopic (exact) mass is 400 g/mol. The minimum atomic E-state index is -4.32. The van der Waals surface area contributed by atoms with Crippen LogP contribution in [0.3, 0.4) is 0 Å². The molecule has 11 nitrogen and oxygen atoms in total. The van der Waals surface area contributed by atoms with Gasteiger partial charge in [0.05, 0.1) is 75.1 Å². The van der Waals surface area contributed by atoms with Gasteiger partial charge in [0.2, 0.25) is 5.91 Å². The van der Waals surface area contributed by atoms with Crippen LogP contribution >= 0.6 is 0 Å². The van der Waals surface area contributed by atoms with E-state index in [1.54, 1.807) is 0 Å². The molecule has 12 heteroatoms. The summed E-state index contributed by atoms with van der Waals surface area (Å²) < 4.78 is 51.7. The molecule has 0 aromatic rings. The number of ether oxygens (including phenoxy) is 4. The normalized spacial score (nSPS) is 11.4. The number of carbonyl (C=O) groups excluding carboxylic acids is 1. The molecule has 0 aromatic heterocycles. The molecule has 0 aliphatic carbocycles. The Morgan fingerprint density at radius 1 is 0.808 bits per heavy atom. The van der Waals surface area contributed by atoms with Crippen molar-refractivity contribution in [2.24, 2.45) is 0 Å². The molecule has 0 aromatic carbocycles. The molecule has 0 heterocycles. The lowest BCUT2D eigenvalue weighted by Gasteiger charge is -2.09. The second kappa shape index (κ2) is 15.9. The summed E-state index contributed by atoms with van der Waals surface area (Å²) in [6, 6.07) is 0. The summed E-state index contributed by atoms with van der Waals surface area (Å²) in [4.78, 5) is 21.5. The van der Waals surface area contributed by atoms with Crippen LogP contribution in [0.25, 0.3) is 0 Å². The van der Waals surface area contributed by atoms with Gasteiger partial charge >= 0.3 is 5.97 Å². The fraction of sp³-hybridized carbons (Fsp3) is 0.857. The smallest absolute Gasteiger partial charge is 0.305 e. The minimum absolute atomic E-state index is 0.0349. The van der Waals surface area contributed by atoms with Crippen LogP contribution in [0.5, 0.6) is 0 Å². The molecule has 1 amide bonds. The van der Waals surface area contributed by atoms with E-state index < -0.39 is 27.7 Å². The Morgan fingerprint density at radius 2 is 1.23 bits per heavy atom. The second-order valence-electron chi connectivity index (χ2n) is 4.95. The van der Waals surface area contributed by atoms with E-state index in [-0.39, 0.29) is 32.6 Å². The molecule has 2 N–H and O–H groups in total. The number of aliphatic carboxylic acids is 1. The zero-order valence-electron chi connectivity index (χ0n) is 14.5. The van der Waals surface area contributed by atoms with E-state index in [1.165, 1.54) is 0 Å². The number of hydrogen-bond donors (Lipinski definition) is 2. The van der Waals surface area contributed by atoms with Crippen LogP contribution in [-0.2, 0) is 38.7 Å². The Kier molecular flexibility index (Phi) is 15.1. The highest BCUT2D eigenvalue weighted by Gasteiger charge is 2.02. The first-order valence-corrected chi connectivity index (χ1v) is 9.62. The van der Waals surface area contributed by atoms with Crippen molar-refractivity contribution in [2.75, 3.05) is 65.2 Å². The summed E-state index contributed by atoms with van der Waals surface area (Å²) in [5.74, 6) is -1.94. The molecular formula is C14H26NO10S-. The van der Waals surface area contributed by atoms with E-state index in [9.17, 15) is 22.6 Å². The van der Waals surface area contributed by atoms with Gasteiger partial charge in [-0.05, 0) is 0 Å². The van der Waals surface area contributed by atoms with Gasteiger partial charge in [-0.2, -0.15) is 0 Å². The summed E-state index contributed by atoms with van der Waals surface area (Å²) in [5, 5.41) is 10.7. The van der Waals surface area contributed by atoms with Gasteiger partial charge in [-0.25, -0.2) is 8.42 Å². The highest BCUT2D eigenvalue weighted by atomic mass is 32.2. The molecule has 0 saturated heterocycles. The van der Waals surface area contributed by atoms with E-state index >= 15 is 0 Å². The van der Waals surface area contributed by atoms with Crippen LogP contribution in [0.1, 0.15) is 12.8 Å². The molecule has 0 atom stereocenters. The lowest BCUT2D eigenvalue weighted by Crippen LogP contribution is -2.29. The van der Waals surface area contributed by atoms with Gasteiger partial charge in [-0.1, -0.05) is 0 Å². The standard InChI is InChI=1S/C14H27NO10S/c16-13(15-3-12-26(19,20)21)1-4-22-6-8-24-10-11-25-9-7-23-5-2-14(17)18/h1-12H2,(H,15,16)(H,17,18)(H,19,20,21)/p-1. The number of rotatable bonds is 18. The Labute approximate surface area is 152 Å². The minimum Gasteiger partial charge on any atom is -0.748 e. The van der Waals surface area contributed by atoms with Crippen molar-refractivity contribution >= 4 is 22.0 Å². The molecule has 0 unspecified atom stereocenters. The van der Waals surface area contributed by atoms with Crippen LogP contribution in [-0.4, -0.2) is 95.1 Å². The van der Waals surface area contributed by atoms with Gasteiger partial charge in [0.1, 0.15) is 0 Å². The van der Waals surface area contributed by atoms with E-state index in [4.69, 9.17) is 24.1 Å². The first-order chi connectivity index (χ1) is 12.3. The third-order valence-corrected chi connectivity index (χ3v) is 3.43. The van der Waals surface area contributed by atoms with E-state index in [0.717, 1.165) is 0 Å². The van der Waals surface area contributed by atoms with Gasteiger partial charge in [0.25, 0.3) is 0 Å². The zero-order chi connectivity index (χ0) is 19.7. The average molecular weight is 400 g/mol. The van der Waals surface area contributed by atoms with Crippen LogP contribution in [0, 0.1) is 0 Å². The molecule has 0 saturated carbocycles. The topological polar surface area (TPSA) is 161 Å². The molecule has 0 bridgehead atoms. The summed E-state index contributed by atoms with van der Waals surface area (Å²) >= 11 is 0. The Bertz CT molecular complexity index is 482. The van der Waals surface area contributed by atoms with Crippen molar-refractivity contribution in [1.82, 2.24) is 5.32 Å². The van der Waals surface area contributed by atoms with Crippen LogP contribution in [0.4, 0.5) is 0 Å². The summed E-state index contributed by atoms with van der Waals surface area (Å²) in [7, 11) is -4.32. The van der Waals surface area contributed by atoms with E-state index in [1.807, 2.05) is 0 Å². The number of hydrogen-bond acceptors (Lipinski definition) is 9. The van der Waals surface area contributed by atoms with E-state index in [0.29, 0.717) is 39.6 Å². The first-order valence-electron chi connectivity index (χ1n) is 8.04. The number of nitrogens with one attached hydrogen (secondary N) is 1. The number of carboxylic acid groups (broad SMARTS) is 1. The quantitative estimate of drug-likeness (QED) is 0.206. The predicted molar refractivity (Wildman–Crippen MR) is 87.7 cm³/mol. The Balaban J connectivity index is 3.21. The summed E-state index contributed by atoms with van der Waals surface area (Å²) in [6.07, 6.45) is 0.0245. The lowest BCUT2D eigenvalue weighted by molar-refractivity contribution is -0.138. The maximum Gasteiger partial charge on any atom is 0.305 e. The lowest BCUT2D eigenvalue weighted by atomic mass is 10.4. The molecule has 0 aliphatic heterocycles. The second-order valence-corrected chi connectivity index (χ2v) is 6.48. The molecule has 0 fully saturated rings.